The summed E-state index contributed by atoms with van der Waals surface area (Å²) in [5, 5.41) is 3.65. The van der Waals surface area contributed by atoms with Gasteiger partial charge in [0.15, 0.2) is 11.5 Å². The SMILES string of the molecule is CCN(CCC(=O)Nc1c(Cl)cccc1Cl)Cc1ccc2c(c1)OCO2. The third-order valence-corrected chi connectivity index (χ3v) is 4.80. The van der Waals surface area contributed by atoms with Crippen LogP contribution in [0.1, 0.15) is 18.9 Å². The van der Waals surface area contributed by atoms with Crippen LogP contribution in [0.2, 0.25) is 10.0 Å². The summed E-state index contributed by atoms with van der Waals surface area (Å²) >= 11 is 12.2. The lowest BCUT2D eigenvalue weighted by Gasteiger charge is -2.20. The molecule has 0 bridgehead atoms. The van der Waals surface area contributed by atoms with Crippen molar-refractivity contribution in [1.29, 1.82) is 0 Å². The number of carbonyl (C=O) groups is 1. The van der Waals surface area contributed by atoms with Crippen LogP contribution in [0, 0.1) is 0 Å². The maximum atomic E-state index is 12.3. The number of anilines is 1. The second-order valence-corrected chi connectivity index (χ2v) is 6.77. The topological polar surface area (TPSA) is 50.8 Å². The molecule has 0 atom stereocenters. The Hall–Kier alpha value is -1.95. The molecule has 1 amide bonds. The van der Waals surface area contributed by atoms with E-state index in [-0.39, 0.29) is 12.7 Å². The molecule has 1 heterocycles. The van der Waals surface area contributed by atoms with Gasteiger partial charge in [-0.15, -0.1) is 0 Å². The van der Waals surface area contributed by atoms with Crippen LogP contribution in [-0.2, 0) is 11.3 Å². The molecule has 0 aliphatic carbocycles. The number of nitrogens with zero attached hydrogens (tertiary/aromatic N) is 1. The van der Waals surface area contributed by atoms with E-state index in [4.69, 9.17) is 32.7 Å². The van der Waals surface area contributed by atoms with E-state index in [1.165, 1.54) is 0 Å². The molecule has 1 N–H and O–H groups in total. The van der Waals surface area contributed by atoms with Crippen LogP contribution in [0.4, 0.5) is 5.69 Å². The van der Waals surface area contributed by atoms with Crippen LogP contribution in [-0.4, -0.2) is 30.7 Å². The van der Waals surface area contributed by atoms with Crippen LogP contribution in [0.15, 0.2) is 36.4 Å². The minimum atomic E-state index is -0.121. The van der Waals surface area contributed by atoms with Gasteiger partial charge in [-0.1, -0.05) is 42.3 Å². The molecular weight excluding hydrogens is 375 g/mol. The van der Waals surface area contributed by atoms with E-state index >= 15 is 0 Å². The van der Waals surface area contributed by atoms with Crippen LogP contribution in [0.3, 0.4) is 0 Å². The molecular formula is C19H20Cl2N2O3. The van der Waals surface area contributed by atoms with E-state index in [9.17, 15) is 4.79 Å². The number of para-hydroxylation sites is 1. The van der Waals surface area contributed by atoms with Gasteiger partial charge < -0.3 is 14.8 Å². The van der Waals surface area contributed by atoms with Crippen LogP contribution < -0.4 is 14.8 Å². The first kappa shape index (κ1) is 18.8. The van der Waals surface area contributed by atoms with E-state index in [0.29, 0.717) is 28.7 Å². The average Bonchev–Trinajstić information content (AvgIpc) is 3.09. The van der Waals surface area contributed by atoms with Crippen molar-refractivity contribution >= 4 is 34.8 Å². The summed E-state index contributed by atoms with van der Waals surface area (Å²) in [4.78, 5) is 14.4. The first-order valence-electron chi connectivity index (χ1n) is 8.41. The fraction of sp³-hybridized carbons (Fsp3) is 0.316. The normalized spacial score (nSPS) is 12.5. The summed E-state index contributed by atoms with van der Waals surface area (Å²) in [6.07, 6.45) is 0.347. The number of ether oxygens (including phenoxy) is 2. The second-order valence-electron chi connectivity index (χ2n) is 5.95. The van der Waals surface area contributed by atoms with Gasteiger partial charge in [-0.25, -0.2) is 0 Å². The maximum absolute atomic E-state index is 12.3. The highest BCUT2D eigenvalue weighted by atomic mass is 35.5. The van der Waals surface area contributed by atoms with Gasteiger partial charge in [-0.2, -0.15) is 0 Å². The Morgan fingerprint density at radius 2 is 1.88 bits per heavy atom. The average molecular weight is 395 g/mol. The molecule has 7 heteroatoms. The summed E-state index contributed by atoms with van der Waals surface area (Å²) < 4.78 is 10.7. The maximum Gasteiger partial charge on any atom is 0.231 e. The number of fused-ring (bicyclic) bond motifs is 1. The number of amides is 1. The zero-order chi connectivity index (χ0) is 18.5. The van der Waals surface area contributed by atoms with Crippen molar-refractivity contribution < 1.29 is 14.3 Å². The molecule has 0 aromatic heterocycles. The van der Waals surface area contributed by atoms with E-state index in [1.807, 2.05) is 18.2 Å². The highest BCUT2D eigenvalue weighted by Gasteiger charge is 2.15. The monoisotopic (exact) mass is 394 g/mol. The van der Waals surface area contributed by atoms with Gasteiger partial charge in [0.2, 0.25) is 12.7 Å². The summed E-state index contributed by atoms with van der Waals surface area (Å²) in [7, 11) is 0. The molecule has 0 fully saturated rings. The Labute approximate surface area is 162 Å². The van der Waals surface area contributed by atoms with E-state index in [0.717, 1.165) is 30.2 Å². The number of benzene rings is 2. The lowest BCUT2D eigenvalue weighted by atomic mass is 10.2. The largest absolute Gasteiger partial charge is 0.454 e. The predicted molar refractivity (Wildman–Crippen MR) is 103 cm³/mol. The molecule has 3 rings (SSSR count). The molecule has 0 unspecified atom stereocenters. The number of hydrogen-bond acceptors (Lipinski definition) is 4. The van der Waals surface area contributed by atoms with Crippen molar-refractivity contribution in [3.8, 4) is 11.5 Å². The van der Waals surface area contributed by atoms with Crippen molar-refractivity contribution in [3.05, 3.63) is 52.0 Å². The Morgan fingerprint density at radius 1 is 1.15 bits per heavy atom. The molecule has 2 aromatic carbocycles. The van der Waals surface area contributed by atoms with Gasteiger partial charge in [-0.3, -0.25) is 9.69 Å². The zero-order valence-electron chi connectivity index (χ0n) is 14.4. The van der Waals surface area contributed by atoms with Crippen LogP contribution in [0.5, 0.6) is 11.5 Å². The summed E-state index contributed by atoms with van der Waals surface area (Å²) in [6.45, 7) is 4.51. The third-order valence-electron chi connectivity index (χ3n) is 4.17. The van der Waals surface area contributed by atoms with E-state index < -0.39 is 0 Å². The highest BCUT2D eigenvalue weighted by Crippen LogP contribution is 2.33. The van der Waals surface area contributed by atoms with Crippen molar-refractivity contribution in [2.45, 2.75) is 19.9 Å². The third kappa shape index (κ3) is 4.61. The minimum Gasteiger partial charge on any atom is -0.454 e. The van der Waals surface area contributed by atoms with Crippen molar-refractivity contribution in [1.82, 2.24) is 4.90 Å². The Bertz CT molecular complexity index is 778. The summed E-state index contributed by atoms with van der Waals surface area (Å²) in [6, 6.07) is 11.0. The van der Waals surface area contributed by atoms with Crippen molar-refractivity contribution in [2.24, 2.45) is 0 Å². The second kappa shape index (κ2) is 8.62. The predicted octanol–water partition coefficient (Wildman–Crippen LogP) is 4.57. The molecule has 0 saturated carbocycles. The number of rotatable bonds is 7. The van der Waals surface area contributed by atoms with Gasteiger partial charge in [0.25, 0.3) is 0 Å². The smallest absolute Gasteiger partial charge is 0.231 e. The fourth-order valence-electron chi connectivity index (χ4n) is 2.73. The highest BCUT2D eigenvalue weighted by molar-refractivity contribution is 6.39. The van der Waals surface area contributed by atoms with Crippen LogP contribution >= 0.6 is 23.2 Å². The zero-order valence-corrected chi connectivity index (χ0v) is 15.9. The molecule has 138 valence electrons. The molecule has 1 aliphatic heterocycles. The van der Waals surface area contributed by atoms with E-state index in [2.05, 4.69) is 17.1 Å². The van der Waals surface area contributed by atoms with Gasteiger partial charge in [0.1, 0.15) is 0 Å². The standard InChI is InChI=1S/C19H20Cl2N2O3/c1-2-23(11-13-6-7-16-17(10-13)26-12-25-16)9-8-18(24)22-19-14(20)4-3-5-15(19)21/h3-7,10H,2,8-9,11-12H2,1H3,(H,22,24). The fourth-order valence-corrected chi connectivity index (χ4v) is 3.22. The van der Waals surface area contributed by atoms with Gasteiger partial charge in [0, 0.05) is 19.5 Å². The Balaban J connectivity index is 1.54. The first-order chi connectivity index (χ1) is 12.6. The molecule has 1 aliphatic rings. The number of carbonyl (C=O) groups excluding carboxylic acids is 1. The first-order valence-corrected chi connectivity index (χ1v) is 9.17. The molecule has 0 radical (unpaired) electrons. The quantitative estimate of drug-likeness (QED) is 0.746. The van der Waals surface area contributed by atoms with E-state index in [1.54, 1.807) is 18.2 Å². The molecule has 0 saturated heterocycles. The van der Waals surface area contributed by atoms with Crippen molar-refractivity contribution in [3.63, 3.8) is 0 Å². The molecule has 2 aromatic rings. The Kier molecular flexibility index (Phi) is 6.25. The Morgan fingerprint density at radius 3 is 2.62 bits per heavy atom. The lowest BCUT2D eigenvalue weighted by molar-refractivity contribution is -0.116. The van der Waals surface area contributed by atoms with Gasteiger partial charge >= 0.3 is 0 Å². The summed E-state index contributed by atoms with van der Waals surface area (Å²) in [5.74, 6) is 1.42. The number of hydrogen-bond donors (Lipinski definition) is 1. The molecule has 0 spiro atoms. The summed E-state index contributed by atoms with van der Waals surface area (Å²) in [5.41, 5.74) is 1.57. The lowest BCUT2D eigenvalue weighted by Crippen LogP contribution is -2.27. The van der Waals surface area contributed by atoms with Crippen LogP contribution in [0.25, 0.3) is 0 Å². The minimum absolute atomic E-state index is 0.121. The van der Waals surface area contributed by atoms with Gasteiger partial charge in [0.05, 0.1) is 15.7 Å². The molecule has 5 nitrogen and oxygen atoms in total. The number of nitrogens with one attached hydrogen (secondary N) is 1. The molecule has 26 heavy (non-hydrogen) atoms. The number of halogens is 2. The van der Waals surface area contributed by atoms with Gasteiger partial charge in [-0.05, 0) is 36.4 Å². The van der Waals surface area contributed by atoms with Crippen molar-refractivity contribution in [2.75, 3.05) is 25.2 Å².